The Balaban J connectivity index is 2.15. The van der Waals surface area contributed by atoms with Crippen LogP contribution in [0.2, 0.25) is 0 Å². The van der Waals surface area contributed by atoms with Crippen LogP contribution in [0, 0.1) is 5.41 Å². The maximum absolute atomic E-state index is 12.0. The Morgan fingerprint density at radius 1 is 1.50 bits per heavy atom. The summed E-state index contributed by atoms with van der Waals surface area (Å²) >= 11 is 0. The lowest BCUT2D eigenvalue weighted by Gasteiger charge is -2.29. The van der Waals surface area contributed by atoms with Gasteiger partial charge in [-0.25, -0.2) is 4.79 Å². The lowest BCUT2D eigenvalue weighted by Crippen LogP contribution is -2.28. The first kappa shape index (κ1) is 12.7. The van der Waals surface area contributed by atoms with Crippen LogP contribution in [-0.4, -0.2) is 23.1 Å². The molecule has 0 aromatic carbocycles. The first-order chi connectivity index (χ1) is 8.39. The fourth-order valence-electron chi connectivity index (χ4n) is 2.46. The van der Waals surface area contributed by atoms with E-state index >= 15 is 0 Å². The Hall–Kier alpha value is -1.78. The van der Waals surface area contributed by atoms with Crippen molar-refractivity contribution in [3.05, 3.63) is 23.5 Å². The minimum absolute atomic E-state index is 0.00920. The molecule has 1 aromatic rings. The summed E-state index contributed by atoms with van der Waals surface area (Å²) in [6.07, 6.45) is 2.54. The van der Waals surface area contributed by atoms with Gasteiger partial charge in [0.05, 0.1) is 6.54 Å². The minimum Gasteiger partial charge on any atom is -0.448 e. The van der Waals surface area contributed by atoms with Crippen LogP contribution in [0.15, 0.2) is 12.3 Å². The lowest BCUT2D eigenvalue weighted by molar-refractivity contribution is 0.0908. The molecule has 0 radical (unpaired) electrons. The van der Waals surface area contributed by atoms with E-state index in [4.69, 9.17) is 10.5 Å². The molecule has 1 amide bonds. The normalized spacial score (nSPS) is 17.3. The quantitative estimate of drug-likeness (QED) is 0.887. The van der Waals surface area contributed by atoms with Crippen molar-refractivity contribution in [2.45, 2.75) is 33.2 Å². The summed E-state index contributed by atoms with van der Waals surface area (Å²) in [5.74, 6) is 0.191. The number of primary amides is 1. The third-order valence-corrected chi connectivity index (χ3v) is 3.24. The van der Waals surface area contributed by atoms with Crippen LogP contribution >= 0.6 is 0 Å². The minimum atomic E-state index is -0.771. The Morgan fingerprint density at radius 2 is 2.22 bits per heavy atom. The molecule has 0 fully saturated rings. The van der Waals surface area contributed by atoms with E-state index in [1.807, 2.05) is 16.8 Å². The van der Waals surface area contributed by atoms with Crippen molar-refractivity contribution in [3.8, 4) is 0 Å². The standard InChI is InChI=1S/C13H18N2O3/c1-13(2)7-10-9(11(16)8-13)3-4-15(10)5-6-18-12(14)17/h3-4H,5-8H2,1-2H3,(H2,14,17). The van der Waals surface area contributed by atoms with E-state index in [1.54, 1.807) is 0 Å². The van der Waals surface area contributed by atoms with Crippen LogP contribution in [0.25, 0.3) is 0 Å². The molecule has 1 aliphatic rings. The molecule has 1 heterocycles. The van der Waals surface area contributed by atoms with Gasteiger partial charge in [0.2, 0.25) is 0 Å². The second-order valence-corrected chi connectivity index (χ2v) is 5.48. The van der Waals surface area contributed by atoms with E-state index in [9.17, 15) is 9.59 Å². The second-order valence-electron chi connectivity index (χ2n) is 5.48. The molecule has 5 heteroatoms. The number of Topliss-reactive ketones (excluding diaryl/α,β-unsaturated/α-hetero) is 1. The average molecular weight is 250 g/mol. The maximum Gasteiger partial charge on any atom is 0.404 e. The monoisotopic (exact) mass is 250 g/mol. The SMILES string of the molecule is CC1(C)CC(=O)c2ccn(CCOC(N)=O)c2C1. The number of aromatic nitrogens is 1. The molecular weight excluding hydrogens is 232 g/mol. The molecular formula is C13H18N2O3. The van der Waals surface area contributed by atoms with Crippen LogP contribution in [-0.2, 0) is 17.7 Å². The molecule has 0 bridgehead atoms. The highest BCUT2D eigenvalue weighted by Crippen LogP contribution is 2.35. The van der Waals surface area contributed by atoms with Crippen LogP contribution in [0.5, 0.6) is 0 Å². The molecule has 0 saturated heterocycles. The van der Waals surface area contributed by atoms with Crippen LogP contribution in [0.1, 0.15) is 36.3 Å². The second kappa shape index (κ2) is 4.48. The number of carbonyl (C=O) groups is 2. The van der Waals surface area contributed by atoms with E-state index in [2.05, 4.69) is 13.8 Å². The number of nitrogens with two attached hydrogens (primary N) is 1. The number of hydrogen-bond acceptors (Lipinski definition) is 3. The Kier molecular flexibility index (Phi) is 3.15. The zero-order valence-corrected chi connectivity index (χ0v) is 10.7. The number of nitrogens with zero attached hydrogens (tertiary/aromatic N) is 1. The third kappa shape index (κ3) is 2.55. The number of rotatable bonds is 3. The third-order valence-electron chi connectivity index (χ3n) is 3.24. The molecule has 98 valence electrons. The van der Waals surface area contributed by atoms with Gasteiger partial charge in [0.25, 0.3) is 0 Å². The van der Waals surface area contributed by atoms with Crippen molar-refractivity contribution in [3.63, 3.8) is 0 Å². The predicted octanol–water partition coefficient (Wildman–Crippen LogP) is 1.74. The number of ketones is 1. The van der Waals surface area contributed by atoms with E-state index in [0.717, 1.165) is 17.7 Å². The van der Waals surface area contributed by atoms with Gasteiger partial charge in [0, 0.05) is 23.9 Å². The summed E-state index contributed by atoms with van der Waals surface area (Å²) in [6, 6.07) is 1.84. The molecule has 0 unspecified atom stereocenters. The molecule has 0 atom stereocenters. The summed E-state index contributed by atoms with van der Waals surface area (Å²) in [4.78, 5) is 22.5. The molecule has 1 aliphatic carbocycles. The van der Waals surface area contributed by atoms with Crippen LogP contribution in [0.4, 0.5) is 4.79 Å². The number of carbonyl (C=O) groups excluding carboxylic acids is 2. The summed E-state index contributed by atoms with van der Waals surface area (Å²) in [5, 5.41) is 0. The topological polar surface area (TPSA) is 74.3 Å². The highest BCUT2D eigenvalue weighted by Gasteiger charge is 2.32. The van der Waals surface area contributed by atoms with Gasteiger partial charge < -0.3 is 15.0 Å². The van der Waals surface area contributed by atoms with E-state index < -0.39 is 6.09 Å². The smallest absolute Gasteiger partial charge is 0.404 e. The van der Waals surface area contributed by atoms with Gasteiger partial charge in [-0.05, 0) is 17.9 Å². The zero-order chi connectivity index (χ0) is 13.3. The molecule has 0 spiro atoms. The van der Waals surface area contributed by atoms with Crippen molar-refractivity contribution in [1.82, 2.24) is 4.57 Å². The van der Waals surface area contributed by atoms with Gasteiger partial charge in [-0.1, -0.05) is 13.8 Å². The number of ether oxygens (including phenoxy) is 1. The van der Waals surface area contributed by atoms with Gasteiger partial charge in [0.1, 0.15) is 6.61 Å². The maximum atomic E-state index is 12.0. The summed E-state index contributed by atoms with van der Waals surface area (Å²) in [5.41, 5.74) is 6.73. The molecule has 2 rings (SSSR count). The molecule has 5 nitrogen and oxygen atoms in total. The molecule has 0 aliphatic heterocycles. The predicted molar refractivity (Wildman–Crippen MR) is 66.4 cm³/mol. The van der Waals surface area contributed by atoms with Gasteiger partial charge >= 0.3 is 6.09 Å². The largest absolute Gasteiger partial charge is 0.448 e. The number of fused-ring (bicyclic) bond motifs is 1. The highest BCUT2D eigenvalue weighted by atomic mass is 16.5. The molecule has 18 heavy (non-hydrogen) atoms. The molecule has 2 N–H and O–H groups in total. The van der Waals surface area contributed by atoms with Gasteiger partial charge in [-0.15, -0.1) is 0 Å². The van der Waals surface area contributed by atoms with Crippen molar-refractivity contribution in [2.24, 2.45) is 11.1 Å². The first-order valence-electron chi connectivity index (χ1n) is 6.02. The van der Waals surface area contributed by atoms with Gasteiger partial charge in [-0.2, -0.15) is 0 Å². The molecule has 1 aromatic heterocycles. The Morgan fingerprint density at radius 3 is 2.89 bits per heavy atom. The summed E-state index contributed by atoms with van der Waals surface area (Å²) < 4.78 is 6.69. The Bertz CT molecular complexity index is 488. The van der Waals surface area contributed by atoms with Crippen molar-refractivity contribution < 1.29 is 14.3 Å². The molecule has 0 saturated carbocycles. The van der Waals surface area contributed by atoms with Crippen LogP contribution in [0.3, 0.4) is 0 Å². The lowest BCUT2D eigenvalue weighted by atomic mass is 9.76. The van der Waals surface area contributed by atoms with E-state index in [-0.39, 0.29) is 17.8 Å². The van der Waals surface area contributed by atoms with E-state index in [1.165, 1.54) is 0 Å². The zero-order valence-electron chi connectivity index (χ0n) is 10.7. The first-order valence-corrected chi connectivity index (χ1v) is 6.02. The Labute approximate surface area is 106 Å². The van der Waals surface area contributed by atoms with E-state index in [0.29, 0.717) is 13.0 Å². The van der Waals surface area contributed by atoms with Gasteiger partial charge in [-0.3, -0.25) is 4.79 Å². The van der Waals surface area contributed by atoms with Crippen molar-refractivity contribution in [2.75, 3.05) is 6.61 Å². The summed E-state index contributed by atoms with van der Waals surface area (Å²) in [7, 11) is 0. The van der Waals surface area contributed by atoms with Crippen molar-refractivity contribution >= 4 is 11.9 Å². The fourth-order valence-corrected chi connectivity index (χ4v) is 2.46. The highest BCUT2D eigenvalue weighted by molar-refractivity contribution is 5.98. The van der Waals surface area contributed by atoms with Crippen LogP contribution < -0.4 is 5.73 Å². The van der Waals surface area contributed by atoms with Gasteiger partial charge in [0.15, 0.2) is 5.78 Å². The number of hydrogen-bond donors (Lipinski definition) is 1. The number of amides is 1. The van der Waals surface area contributed by atoms with Crippen molar-refractivity contribution in [1.29, 1.82) is 0 Å². The average Bonchev–Trinajstić information content (AvgIpc) is 2.59. The summed E-state index contributed by atoms with van der Waals surface area (Å²) in [6.45, 7) is 4.93. The fraction of sp³-hybridized carbons (Fsp3) is 0.538.